The van der Waals surface area contributed by atoms with Crippen LogP contribution in [0.1, 0.15) is 11.4 Å². The van der Waals surface area contributed by atoms with E-state index >= 15 is 0 Å². The highest BCUT2D eigenvalue weighted by molar-refractivity contribution is 5.69. The number of nitrogens with zero attached hydrogens (tertiary/aromatic N) is 2. The van der Waals surface area contributed by atoms with Gasteiger partial charge < -0.3 is 0 Å². The summed E-state index contributed by atoms with van der Waals surface area (Å²) in [4.78, 5) is 6.26. The van der Waals surface area contributed by atoms with Gasteiger partial charge in [0.15, 0.2) is 11.4 Å². The molecule has 2 aromatic heterocycles. The van der Waals surface area contributed by atoms with Gasteiger partial charge in [-0.2, -0.15) is 26.3 Å². The zero-order chi connectivity index (χ0) is 15.0. The highest BCUT2D eigenvalue weighted by Gasteiger charge is 2.40. The summed E-state index contributed by atoms with van der Waals surface area (Å²) in [6.45, 7) is 0. The Morgan fingerprint density at radius 3 is 1.30 bits per heavy atom. The molecule has 0 atom stereocenters. The zero-order valence-corrected chi connectivity index (χ0v) is 9.63. The molecule has 20 heavy (non-hydrogen) atoms. The summed E-state index contributed by atoms with van der Waals surface area (Å²) in [5.41, 5.74) is -4.06. The number of hydrogen-bond acceptors (Lipinski definition) is 2. The molecule has 8 heteroatoms. The predicted molar refractivity (Wildman–Crippen MR) is 57.5 cm³/mol. The number of halogens is 6. The van der Waals surface area contributed by atoms with Gasteiger partial charge in [0.1, 0.15) is 0 Å². The second-order valence-electron chi connectivity index (χ2n) is 3.79. The van der Waals surface area contributed by atoms with Crippen molar-refractivity contribution in [2.45, 2.75) is 12.4 Å². The molecule has 0 aliphatic rings. The van der Waals surface area contributed by atoms with Crippen molar-refractivity contribution in [3.8, 4) is 11.1 Å². The van der Waals surface area contributed by atoms with Crippen molar-refractivity contribution in [3.63, 3.8) is 0 Å². The lowest BCUT2D eigenvalue weighted by atomic mass is 10.0. The van der Waals surface area contributed by atoms with E-state index in [9.17, 15) is 26.3 Å². The molecule has 0 saturated carbocycles. The molecular weight excluding hydrogens is 286 g/mol. The fraction of sp³-hybridized carbons (Fsp3) is 0.167. The first-order valence-electron chi connectivity index (χ1n) is 5.26. The highest BCUT2D eigenvalue weighted by atomic mass is 19.4. The van der Waals surface area contributed by atoms with E-state index in [4.69, 9.17) is 0 Å². The summed E-state index contributed by atoms with van der Waals surface area (Å²) in [6, 6.07) is 4.14. The molecule has 0 aromatic carbocycles. The van der Waals surface area contributed by atoms with Crippen LogP contribution in [0.25, 0.3) is 11.1 Å². The van der Waals surface area contributed by atoms with Crippen LogP contribution in [0.5, 0.6) is 0 Å². The molecule has 2 aromatic rings. The Morgan fingerprint density at radius 1 is 0.650 bits per heavy atom. The third-order valence-corrected chi connectivity index (χ3v) is 2.44. The van der Waals surface area contributed by atoms with Crippen LogP contribution in [0, 0.1) is 0 Å². The molecule has 0 radical (unpaired) electrons. The molecule has 0 spiro atoms. The van der Waals surface area contributed by atoms with Crippen LogP contribution in [0.3, 0.4) is 0 Å². The normalized spacial score (nSPS) is 12.5. The lowest BCUT2D eigenvalue weighted by Gasteiger charge is -2.15. The monoisotopic (exact) mass is 292 g/mol. The van der Waals surface area contributed by atoms with E-state index in [2.05, 4.69) is 9.97 Å². The van der Waals surface area contributed by atoms with Crippen LogP contribution >= 0.6 is 0 Å². The first-order valence-corrected chi connectivity index (χ1v) is 5.26. The average molecular weight is 292 g/mol. The maximum atomic E-state index is 12.8. The molecule has 2 nitrogen and oxygen atoms in total. The Bertz CT molecular complexity index is 562. The van der Waals surface area contributed by atoms with Crippen LogP contribution in [0.4, 0.5) is 26.3 Å². The molecule has 0 saturated heterocycles. The van der Waals surface area contributed by atoms with E-state index < -0.39 is 34.9 Å². The van der Waals surface area contributed by atoms with Crippen molar-refractivity contribution in [2.75, 3.05) is 0 Å². The quantitative estimate of drug-likeness (QED) is 0.737. The molecule has 0 aliphatic heterocycles. The minimum Gasteiger partial charge on any atom is -0.251 e. The van der Waals surface area contributed by atoms with Crippen molar-refractivity contribution in [1.82, 2.24) is 9.97 Å². The Morgan fingerprint density at radius 2 is 1.00 bits per heavy atom. The minimum absolute atomic E-state index is 0.652. The maximum Gasteiger partial charge on any atom is 0.433 e. The molecular formula is C12H6F6N2. The molecule has 2 heterocycles. The number of rotatable bonds is 1. The van der Waals surface area contributed by atoms with Gasteiger partial charge in [-0.3, -0.25) is 9.97 Å². The van der Waals surface area contributed by atoms with Gasteiger partial charge in [-0.25, -0.2) is 0 Å². The summed E-state index contributed by atoms with van der Waals surface area (Å²) in [6.07, 6.45) is -7.96. The molecule has 0 aliphatic carbocycles. The highest BCUT2D eigenvalue weighted by Crippen LogP contribution is 2.40. The number of hydrogen-bond donors (Lipinski definition) is 0. The van der Waals surface area contributed by atoms with Gasteiger partial charge >= 0.3 is 12.4 Å². The molecule has 0 amide bonds. The van der Waals surface area contributed by atoms with Gasteiger partial charge in [0, 0.05) is 23.5 Å². The number of aromatic nitrogens is 2. The smallest absolute Gasteiger partial charge is 0.251 e. The molecule has 0 N–H and O–H groups in total. The van der Waals surface area contributed by atoms with E-state index in [0.717, 1.165) is 36.7 Å². The van der Waals surface area contributed by atoms with Gasteiger partial charge in [0.25, 0.3) is 0 Å². The van der Waals surface area contributed by atoms with Crippen molar-refractivity contribution in [3.05, 3.63) is 48.0 Å². The van der Waals surface area contributed by atoms with Gasteiger partial charge in [0.05, 0.1) is 0 Å². The lowest BCUT2D eigenvalue weighted by molar-refractivity contribution is -0.143. The Labute approximate surface area is 109 Å². The molecule has 2 rings (SSSR count). The van der Waals surface area contributed by atoms with Gasteiger partial charge in [0.2, 0.25) is 0 Å². The molecule has 0 fully saturated rings. The van der Waals surface area contributed by atoms with Crippen LogP contribution in [-0.4, -0.2) is 9.97 Å². The Balaban J connectivity index is 2.71. The second-order valence-corrected chi connectivity index (χ2v) is 3.79. The standard InChI is InChI=1S/C12H6F6N2/c13-11(14,15)9-7(3-1-5-19-9)8-4-2-6-20-10(8)12(16,17)18/h1-6H. The predicted octanol–water partition coefficient (Wildman–Crippen LogP) is 4.18. The van der Waals surface area contributed by atoms with Crippen molar-refractivity contribution < 1.29 is 26.3 Å². The molecule has 0 bridgehead atoms. The van der Waals surface area contributed by atoms with E-state index in [1.807, 2.05) is 0 Å². The van der Waals surface area contributed by atoms with Gasteiger partial charge in [-0.05, 0) is 12.1 Å². The largest absolute Gasteiger partial charge is 0.433 e. The van der Waals surface area contributed by atoms with Crippen molar-refractivity contribution >= 4 is 0 Å². The topological polar surface area (TPSA) is 25.8 Å². The number of pyridine rings is 2. The third kappa shape index (κ3) is 2.73. The van der Waals surface area contributed by atoms with E-state index in [0.29, 0.717) is 0 Å². The van der Waals surface area contributed by atoms with Crippen LogP contribution in [-0.2, 0) is 12.4 Å². The summed E-state index contributed by atoms with van der Waals surface area (Å²) < 4.78 is 76.8. The number of alkyl halides is 6. The maximum absolute atomic E-state index is 12.8. The minimum atomic E-state index is -4.85. The first-order chi connectivity index (χ1) is 9.21. The molecule has 0 unspecified atom stereocenters. The fourth-order valence-corrected chi connectivity index (χ4v) is 1.70. The summed E-state index contributed by atoms with van der Waals surface area (Å²) >= 11 is 0. The van der Waals surface area contributed by atoms with E-state index in [1.54, 1.807) is 0 Å². The SMILES string of the molecule is FC(F)(F)c1ncccc1-c1cccnc1C(F)(F)F. The third-order valence-electron chi connectivity index (χ3n) is 2.44. The summed E-state index contributed by atoms with van der Waals surface area (Å²) in [7, 11) is 0. The summed E-state index contributed by atoms with van der Waals surface area (Å²) in [5.74, 6) is 0. The van der Waals surface area contributed by atoms with Crippen molar-refractivity contribution in [2.24, 2.45) is 0 Å². The Kier molecular flexibility index (Phi) is 3.41. The van der Waals surface area contributed by atoms with Crippen LogP contribution < -0.4 is 0 Å². The first kappa shape index (κ1) is 14.3. The summed E-state index contributed by atoms with van der Waals surface area (Å²) in [5, 5.41) is 0. The fourth-order valence-electron chi connectivity index (χ4n) is 1.70. The van der Waals surface area contributed by atoms with Crippen LogP contribution in [0.2, 0.25) is 0 Å². The van der Waals surface area contributed by atoms with Gasteiger partial charge in [-0.15, -0.1) is 0 Å². The van der Waals surface area contributed by atoms with E-state index in [1.165, 1.54) is 0 Å². The van der Waals surface area contributed by atoms with Crippen LogP contribution in [0.15, 0.2) is 36.7 Å². The Hall–Kier alpha value is -2.12. The zero-order valence-electron chi connectivity index (χ0n) is 9.63. The van der Waals surface area contributed by atoms with E-state index in [-0.39, 0.29) is 0 Å². The average Bonchev–Trinajstić information content (AvgIpc) is 2.37. The second kappa shape index (κ2) is 4.77. The van der Waals surface area contributed by atoms with Crippen molar-refractivity contribution in [1.29, 1.82) is 0 Å². The van der Waals surface area contributed by atoms with Gasteiger partial charge in [-0.1, -0.05) is 12.1 Å². The molecule has 106 valence electrons. The lowest BCUT2D eigenvalue weighted by Crippen LogP contribution is -2.14.